The Hall–Kier alpha value is -1.94. The third kappa shape index (κ3) is 2.39. The molecule has 0 spiro atoms. The normalized spacial score (nSPS) is 18.2. The Bertz CT molecular complexity index is 609. The molecule has 0 saturated carbocycles. The van der Waals surface area contributed by atoms with Crippen molar-refractivity contribution in [2.45, 2.75) is 18.9 Å². The molecule has 0 amide bonds. The van der Waals surface area contributed by atoms with Crippen LogP contribution in [0.2, 0.25) is 0 Å². The maximum absolute atomic E-state index is 13.7. The van der Waals surface area contributed by atoms with Crippen LogP contribution in [-0.2, 0) is 0 Å². The lowest BCUT2D eigenvalue weighted by Crippen LogP contribution is -2.14. The smallest absolute Gasteiger partial charge is 0.145 e. The predicted molar refractivity (Wildman–Crippen MR) is 76.2 cm³/mol. The number of nitrogens with zero attached hydrogens (tertiary/aromatic N) is 1. The Kier molecular flexibility index (Phi) is 3.65. The van der Waals surface area contributed by atoms with Gasteiger partial charge in [-0.3, -0.25) is 4.98 Å². The van der Waals surface area contributed by atoms with Crippen molar-refractivity contribution in [3.63, 3.8) is 0 Å². The summed E-state index contributed by atoms with van der Waals surface area (Å²) in [7, 11) is 1.60. The summed E-state index contributed by atoms with van der Waals surface area (Å²) in [6, 6.07) is 8.82. The Balaban J connectivity index is 2.13. The fraction of sp³-hybridized carbons (Fsp3) is 0.312. The average Bonchev–Trinajstić information content (AvgIpc) is 3.01. The van der Waals surface area contributed by atoms with Crippen molar-refractivity contribution in [1.82, 2.24) is 10.3 Å². The van der Waals surface area contributed by atoms with Gasteiger partial charge in [0.15, 0.2) is 0 Å². The van der Waals surface area contributed by atoms with Crippen LogP contribution in [0, 0.1) is 5.82 Å². The summed E-state index contributed by atoms with van der Waals surface area (Å²) in [5, 5.41) is 3.45. The molecule has 1 aliphatic heterocycles. The van der Waals surface area contributed by atoms with Crippen LogP contribution in [0.4, 0.5) is 4.39 Å². The van der Waals surface area contributed by atoms with Crippen LogP contribution in [0.1, 0.15) is 24.4 Å². The molecule has 1 aromatic carbocycles. The molecule has 1 aliphatic rings. The number of halogens is 1. The first kappa shape index (κ1) is 13.1. The van der Waals surface area contributed by atoms with Gasteiger partial charge in [0.25, 0.3) is 0 Å². The first-order valence-corrected chi connectivity index (χ1v) is 6.82. The molecule has 0 bridgehead atoms. The highest BCUT2D eigenvalue weighted by atomic mass is 19.1. The van der Waals surface area contributed by atoms with E-state index in [1.807, 2.05) is 18.2 Å². The standard InChI is InChI=1S/C16H17FN2O/c1-20-15-5-3-9-19-16(15)13-10-11(17)6-7-12(13)14-4-2-8-18-14/h3,5-7,9-10,14,18H,2,4,8H2,1H3. The number of hydrogen-bond donors (Lipinski definition) is 1. The fourth-order valence-corrected chi connectivity index (χ4v) is 2.74. The zero-order valence-electron chi connectivity index (χ0n) is 11.4. The zero-order valence-corrected chi connectivity index (χ0v) is 11.4. The van der Waals surface area contributed by atoms with E-state index >= 15 is 0 Å². The summed E-state index contributed by atoms with van der Waals surface area (Å²) < 4.78 is 19.0. The highest BCUT2D eigenvalue weighted by Crippen LogP contribution is 2.36. The van der Waals surface area contributed by atoms with Crippen LogP contribution in [0.3, 0.4) is 0 Å². The molecule has 20 heavy (non-hydrogen) atoms. The molecule has 1 aromatic heterocycles. The minimum absolute atomic E-state index is 0.255. The van der Waals surface area contributed by atoms with Gasteiger partial charge in [-0.2, -0.15) is 0 Å². The molecule has 3 nitrogen and oxygen atoms in total. The number of benzene rings is 1. The van der Waals surface area contributed by atoms with E-state index in [4.69, 9.17) is 4.74 Å². The predicted octanol–water partition coefficient (Wildman–Crippen LogP) is 3.32. The minimum atomic E-state index is -0.255. The van der Waals surface area contributed by atoms with E-state index in [1.54, 1.807) is 19.4 Å². The van der Waals surface area contributed by atoms with Gasteiger partial charge in [0.05, 0.1) is 7.11 Å². The molecule has 1 unspecified atom stereocenters. The van der Waals surface area contributed by atoms with Gasteiger partial charge in [-0.15, -0.1) is 0 Å². The fourth-order valence-electron chi connectivity index (χ4n) is 2.74. The van der Waals surface area contributed by atoms with Crippen molar-refractivity contribution in [2.75, 3.05) is 13.7 Å². The molecular weight excluding hydrogens is 255 g/mol. The molecular formula is C16H17FN2O. The van der Waals surface area contributed by atoms with Crippen LogP contribution < -0.4 is 10.1 Å². The SMILES string of the molecule is COc1cccnc1-c1cc(F)ccc1C1CCCN1. The van der Waals surface area contributed by atoms with Crippen molar-refractivity contribution < 1.29 is 9.13 Å². The van der Waals surface area contributed by atoms with Crippen LogP contribution in [0.15, 0.2) is 36.5 Å². The van der Waals surface area contributed by atoms with Gasteiger partial charge in [0, 0.05) is 17.8 Å². The van der Waals surface area contributed by atoms with E-state index in [-0.39, 0.29) is 11.9 Å². The second kappa shape index (κ2) is 5.59. The van der Waals surface area contributed by atoms with Crippen LogP contribution in [0.25, 0.3) is 11.3 Å². The number of methoxy groups -OCH3 is 1. The summed E-state index contributed by atoms with van der Waals surface area (Å²) in [6.45, 7) is 1.00. The van der Waals surface area contributed by atoms with E-state index < -0.39 is 0 Å². The number of hydrogen-bond acceptors (Lipinski definition) is 3. The van der Waals surface area contributed by atoms with E-state index in [1.165, 1.54) is 6.07 Å². The van der Waals surface area contributed by atoms with Gasteiger partial charge in [-0.1, -0.05) is 6.07 Å². The van der Waals surface area contributed by atoms with Crippen LogP contribution in [-0.4, -0.2) is 18.6 Å². The number of aromatic nitrogens is 1. The number of nitrogens with one attached hydrogen (secondary N) is 1. The van der Waals surface area contributed by atoms with Crippen molar-refractivity contribution in [1.29, 1.82) is 0 Å². The van der Waals surface area contributed by atoms with Gasteiger partial charge in [-0.25, -0.2) is 4.39 Å². The van der Waals surface area contributed by atoms with E-state index in [0.29, 0.717) is 11.4 Å². The van der Waals surface area contributed by atoms with Gasteiger partial charge < -0.3 is 10.1 Å². The summed E-state index contributed by atoms with van der Waals surface area (Å²) in [6.07, 6.45) is 3.91. The van der Waals surface area contributed by atoms with Gasteiger partial charge >= 0.3 is 0 Å². The molecule has 3 rings (SSSR count). The van der Waals surface area contributed by atoms with Gasteiger partial charge in [0.2, 0.25) is 0 Å². The maximum atomic E-state index is 13.7. The molecule has 4 heteroatoms. The lowest BCUT2D eigenvalue weighted by Gasteiger charge is -2.17. The third-order valence-electron chi connectivity index (χ3n) is 3.70. The minimum Gasteiger partial charge on any atom is -0.494 e. The van der Waals surface area contributed by atoms with Crippen molar-refractivity contribution >= 4 is 0 Å². The topological polar surface area (TPSA) is 34.1 Å². The first-order valence-electron chi connectivity index (χ1n) is 6.82. The Morgan fingerprint density at radius 2 is 2.25 bits per heavy atom. The third-order valence-corrected chi connectivity index (χ3v) is 3.70. The van der Waals surface area contributed by atoms with Crippen LogP contribution in [0.5, 0.6) is 5.75 Å². The molecule has 1 N–H and O–H groups in total. The highest BCUT2D eigenvalue weighted by molar-refractivity contribution is 5.70. The molecule has 0 aliphatic carbocycles. The largest absolute Gasteiger partial charge is 0.494 e. The molecule has 0 radical (unpaired) electrons. The van der Waals surface area contributed by atoms with Crippen molar-refractivity contribution in [2.24, 2.45) is 0 Å². The Labute approximate surface area is 117 Å². The Morgan fingerprint density at radius 1 is 1.35 bits per heavy atom. The molecule has 2 aromatic rings. The average molecular weight is 272 g/mol. The molecule has 1 atom stereocenters. The number of ether oxygens (including phenoxy) is 1. The summed E-state index contributed by atoms with van der Waals surface area (Å²) in [4.78, 5) is 4.37. The zero-order chi connectivity index (χ0) is 13.9. The van der Waals surface area contributed by atoms with E-state index in [9.17, 15) is 4.39 Å². The van der Waals surface area contributed by atoms with E-state index in [2.05, 4.69) is 10.3 Å². The van der Waals surface area contributed by atoms with Crippen molar-refractivity contribution in [3.05, 3.63) is 47.9 Å². The lowest BCUT2D eigenvalue weighted by atomic mass is 9.96. The van der Waals surface area contributed by atoms with Gasteiger partial charge in [0.1, 0.15) is 17.3 Å². The second-order valence-corrected chi connectivity index (χ2v) is 4.93. The lowest BCUT2D eigenvalue weighted by molar-refractivity contribution is 0.414. The van der Waals surface area contributed by atoms with E-state index in [0.717, 1.165) is 30.5 Å². The molecule has 1 saturated heterocycles. The Morgan fingerprint density at radius 3 is 3.00 bits per heavy atom. The summed E-state index contributed by atoms with van der Waals surface area (Å²) in [5.74, 6) is 0.409. The first-order chi connectivity index (χ1) is 9.79. The number of pyridine rings is 1. The van der Waals surface area contributed by atoms with Gasteiger partial charge in [-0.05, 0) is 49.2 Å². The van der Waals surface area contributed by atoms with Crippen molar-refractivity contribution in [3.8, 4) is 17.0 Å². The number of rotatable bonds is 3. The molecule has 1 fully saturated rings. The summed E-state index contributed by atoms with van der Waals surface area (Å²) >= 11 is 0. The monoisotopic (exact) mass is 272 g/mol. The van der Waals surface area contributed by atoms with Crippen LogP contribution >= 0.6 is 0 Å². The molecule has 2 heterocycles. The second-order valence-electron chi connectivity index (χ2n) is 4.93. The quantitative estimate of drug-likeness (QED) is 0.930. The summed E-state index contributed by atoms with van der Waals surface area (Å²) in [5.41, 5.74) is 2.58. The molecule has 104 valence electrons. The highest BCUT2D eigenvalue weighted by Gasteiger charge is 2.22. The maximum Gasteiger partial charge on any atom is 0.145 e.